The number of hydrogen-bond acceptors (Lipinski definition) is 5. The summed E-state index contributed by atoms with van der Waals surface area (Å²) in [4.78, 5) is 26.4. The van der Waals surface area contributed by atoms with Crippen LogP contribution in [0.4, 0.5) is 5.82 Å². The molecule has 0 aliphatic carbocycles. The zero-order valence-electron chi connectivity index (χ0n) is 18.4. The predicted octanol–water partition coefficient (Wildman–Crippen LogP) is 3.74. The number of nitrogens with zero attached hydrogens (tertiary/aromatic N) is 6. The molecule has 1 aromatic carbocycles. The van der Waals surface area contributed by atoms with Crippen molar-refractivity contribution in [1.82, 2.24) is 24.6 Å². The average Bonchev–Trinajstić information content (AvgIpc) is 2.94. The van der Waals surface area contributed by atoms with Crippen LogP contribution >= 0.6 is 11.6 Å². The minimum Gasteiger partial charge on any atom is -0.354 e. The number of rotatable bonds is 5. The van der Waals surface area contributed by atoms with Crippen LogP contribution < -0.4 is 4.90 Å². The number of anilines is 1. The van der Waals surface area contributed by atoms with Crippen LogP contribution in [0.5, 0.6) is 0 Å². The SMILES string of the molecule is CCCc1nc(N2CCCN(C(=O)[C@H](C)Cl)CC2)c2c(C)nn(-c3ccccc3)c2n1. The standard InChI is InChI=1S/C23H29ClN6O/c1-4-9-19-25-21(28-12-8-13-29(15-14-28)23(31)16(2)24)20-17(3)27-30(22(20)26-19)18-10-6-5-7-11-18/h5-7,10-11,16H,4,8-9,12-15H2,1-3H3/t16-/m0/s1. The number of para-hydroxylation sites is 1. The van der Waals surface area contributed by atoms with Gasteiger partial charge in [-0.25, -0.2) is 14.6 Å². The van der Waals surface area contributed by atoms with Crippen molar-refractivity contribution >= 4 is 34.4 Å². The van der Waals surface area contributed by atoms with Crippen LogP contribution in [0.15, 0.2) is 30.3 Å². The lowest BCUT2D eigenvalue weighted by Crippen LogP contribution is -2.38. The Morgan fingerprint density at radius 1 is 1.13 bits per heavy atom. The van der Waals surface area contributed by atoms with Crippen molar-refractivity contribution in [2.45, 2.75) is 45.4 Å². The number of carbonyl (C=O) groups excluding carboxylic acids is 1. The lowest BCUT2D eigenvalue weighted by molar-refractivity contribution is -0.130. The maximum Gasteiger partial charge on any atom is 0.240 e. The second-order valence-corrected chi connectivity index (χ2v) is 8.68. The van der Waals surface area contributed by atoms with Crippen LogP contribution in [0.2, 0.25) is 0 Å². The van der Waals surface area contributed by atoms with Crippen molar-refractivity contribution in [3.05, 3.63) is 41.9 Å². The van der Waals surface area contributed by atoms with Gasteiger partial charge in [-0.1, -0.05) is 25.1 Å². The van der Waals surface area contributed by atoms with Gasteiger partial charge in [0.15, 0.2) is 5.65 Å². The highest BCUT2D eigenvalue weighted by Crippen LogP contribution is 2.30. The first-order valence-electron chi connectivity index (χ1n) is 11.0. The van der Waals surface area contributed by atoms with Crippen molar-refractivity contribution < 1.29 is 4.79 Å². The fraction of sp³-hybridized carbons (Fsp3) is 0.478. The fourth-order valence-corrected chi connectivity index (χ4v) is 4.26. The molecule has 3 heterocycles. The Labute approximate surface area is 188 Å². The van der Waals surface area contributed by atoms with Gasteiger partial charge in [-0.3, -0.25) is 4.79 Å². The zero-order valence-corrected chi connectivity index (χ0v) is 19.1. The summed E-state index contributed by atoms with van der Waals surface area (Å²) in [5.74, 6) is 1.74. The summed E-state index contributed by atoms with van der Waals surface area (Å²) in [5, 5.41) is 5.29. The molecule has 1 amide bonds. The minimum atomic E-state index is -0.500. The fourth-order valence-electron chi connectivity index (χ4n) is 4.12. The van der Waals surface area contributed by atoms with Gasteiger partial charge in [-0.2, -0.15) is 5.10 Å². The topological polar surface area (TPSA) is 67.2 Å². The Hall–Kier alpha value is -2.67. The third kappa shape index (κ3) is 4.37. The molecular formula is C23H29ClN6O. The summed E-state index contributed by atoms with van der Waals surface area (Å²) < 4.78 is 1.91. The number of amides is 1. The van der Waals surface area contributed by atoms with E-state index in [4.69, 9.17) is 26.7 Å². The van der Waals surface area contributed by atoms with E-state index in [1.807, 2.05) is 46.8 Å². The molecule has 2 aromatic heterocycles. The number of halogens is 1. The summed E-state index contributed by atoms with van der Waals surface area (Å²) >= 11 is 6.05. The number of benzene rings is 1. The number of carbonyl (C=O) groups is 1. The molecule has 31 heavy (non-hydrogen) atoms. The summed E-state index contributed by atoms with van der Waals surface area (Å²) in [6.07, 6.45) is 2.65. The van der Waals surface area contributed by atoms with Gasteiger partial charge in [-0.05, 0) is 38.8 Å². The van der Waals surface area contributed by atoms with E-state index in [1.165, 1.54) is 0 Å². The molecule has 1 aliphatic heterocycles. The first kappa shape index (κ1) is 21.6. The summed E-state index contributed by atoms with van der Waals surface area (Å²) in [7, 11) is 0. The highest BCUT2D eigenvalue weighted by molar-refractivity contribution is 6.30. The smallest absolute Gasteiger partial charge is 0.240 e. The molecule has 0 bridgehead atoms. The van der Waals surface area contributed by atoms with E-state index in [9.17, 15) is 4.79 Å². The van der Waals surface area contributed by atoms with Crippen molar-refractivity contribution in [3.8, 4) is 5.69 Å². The van der Waals surface area contributed by atoms with Crippen molar-refractivity contribution in [1.29, 1.82) is 0 Å². The molecule has 4 rings (SSSR count). The Bertz CT molecular complexity index is 1060. The molecule has 164 valence electrons. The Kier molecular flexibility index (Phi) is 6.41. The van der Waals surface area contributed by atoms with Gasteiger partial charge >= 0.3 is 0 Å². The average molecular weight is 441 g/mol. The summed E-state index contributed by atoms with van der Waals surface area (Å²) in [6.45, 7) is 8.77. The Balaban J connectivity index is 1.77. The van der Waals surface area contributed by atoms with E-state index < -0.39 is 5.38 Å². The van der Waals surface area contributed by atoms with Gasteiger partial charge in [0.25, 0.3) is 0 Å². The number of aryl methyl sites for hydroxylation is 2. The molecule has 3 aromatic rings. The second-order valence-electron chi connectivity index (χ2n) is 8.03. The van der Waals surface area contributed by atoms with Crippen LogP contribution in [0.25, 0.3) is 16.7 Å². The molecule has 0 radical (unpaired) electrons. The molecule has 0 unspecified atom stereocenters. The number of hydrogen-bond donors (Lipinski definition) is 0. The van der Waals surface area contributed by atoms with Gasteiger partial charge < -0.3 is 9.80 Å². The molecule has 1 fully saturated rings. The Morgan fingerprint density at radius 2 is 1.90 bits per heavy atom. The normalized spacial score (nSPS) is 15.9. The monoisotopic (exact) mass is 440 g/mol. The van der Waals surface area contributed by atoms with Crippen LogP contribution in [0.1, 0.15) is 38.2 Å². The first-order valence-corrected chi connectivity index (χ1v) is 11.4. The summed E-state index contributed by atoms with van der Waals surface area (Å²) in [5.41, 5.74) is 2.73. The van der Waals surface area contributed by atoms with Gasteiger partial charge in [0, 0.05) is 32.6 Å². The van der Waals surface area contributed by atoms with Crippen molar-refractivity contribution in [2.75, 3.05) is 31.1 Å². The number of aromatic nitrogens is 4. The lowest BCUT2D eigenvalue weighted by atomic mass is 10.2. The van der Waals surface area contributed by atoms with Crippen LogP contribution in [-0.4, -0.2) is 62.1 Å². The zero-order chi connectivity index (χ0) is 22.0. The largest absolute Gasteiger partial charge is 0.354 e. The van der Waals surface area contributed by atoms with Crippen molar-refractivity contribution in [3.63, 3.8) is 0 Å². The highest BCUT2D eigenvalue weighted by Gasteiger charge is 2.26. The second kappa shape index (κ2) is 9.22. The predicted molar refractivity (Wildman–Crippen MR) is 124 cm³/mol. The number of alkyl halides is 1. The quantitative estimate of drug-likeness (QED) is 0.565. The van der Waals surface area contributed by atoms with Crippen LogP contribution in [0, 0.1) is 6.92 Å². The van der Waals surface area contributed by atoms with Gasteiger partial charge in [0.05, 0.1) is 16.8 Å². The van der Waals surface area contributed by atoms with Crippen LogP contribution in [-0.2, 0) is 11.2 Å². The molecule has 1 saturated heterocycles. The van der Waals surface area contributed by atoms with E-state index in [-0.39, 0.29) is 5.91 Å². The first-order chi connectivity index (χ1) is 15.0. The lowest BCUT2D eigenvalue weighted by Gasteiger charge is -2.24. The van der Waals surface area contributed by atoms with E-state index >= 15 is 0 Å². The highest BCUT2D eigenvalue weighted by atomic mass is 35.5. The number of fused-ring (bicyclic) bond motifs is 1. The minimum absolute atomic E-state index is 0.00361. The maximum absolute atomic E-state index is 12.4. The Morgan fingerprint density at radius 3 is 2.61 bits per heavy atom. The maximum atomic E-state index is 12.4. The molecule has 0 saturated carbocycles. The van der Waals surface area contributed by atoms with Gasteiger partial charge in [-0.15, -0.1) is 11.6 Å². The van der Waals surface area contributed by atoms with Gasteiger partial charge in [0.1, 0.15) is 17.0 Å². The molecule has 1 aliphatic rings. The third-order valence-corrected chi connectivity index (χ3v) is 5.84. The van der Waals surface area contributed by atoms with Crippen LogP contribution in [0.3, 0.4) is 0 Å². The molecule has 0 N–H and O–H groups in total. The third-order valence-electron chi connectivity index (χ3n) is 5.65. The van der Waals surface area contributed by atoms with Gasteiger partial charge in [0.2, 0.25) is 5.91 Å². The molecule has 1 atom stereocenters. The molecular weight excluding hydrogens is 412 g/mol. The van der Waals surface area contributed by atoms with E-state index in [1.54, 1.807) is 6.92 Å². The molecule has 0 spiro atoms. The summed E-state index contributed by atoms with van der Waals surface area (Å²) in [6, 6.07) is 10.1. The van der Waals surface area contributed by atoms with E-state index in [0.29, 0.717) is 19.6 Å². The molecule has 8 heteroatoms. The molecule has 7 nitrogen and oxygen atoms in total. The van der Waals surface area contributed by atoms with E-state index in [2.05, 4.69) is 11.8 Å². The van der Waals surface area contributed by atoms with E-state index in [0.717, 1.165) is 59.9 Å². The van der Waals surface area contributed by atoms with Crippen molar-refractivity contribution in [2.24, 2.45) is 0 Å².